The van der Waals surface area contributed by atoms with Gasteiger partial charge in [-0.2, -0.15) is 5.26 Å². The second-order valence-corrected chi connectivity index (χ2v) is 10.9. The van der Waals surface area contributed by atoms with Crippen LogP contribution in [0.4, 0.5) is 5.69 Å². The van der Waals surface area contributed by atoms with Crippen molar-refractivity contribution in [2.45, 2.75) is 38.2 Å². The number of hydrogen-bond acceptors (Lipinski definition) is 5. The molecule has 0 amide bonds. The molecule has 1 atom stereocenters. The number of nitrogens with one attached hydrogen (secondary N) is 2. The molecule has 1 unspecified atom stereocenters. The Hall–Kier alpha value is -3.15. The van der Waals surface area contributed by atoms with E-state index in [0.29, 0.717) is 28.1 Å². The van der Waals surface area contributed by atoms with Gasteiger partial charge in [0.05, 0.1) is 22.9 Å². The van der Waals surface area contributed by atoms with Crippen molar-refractivity contribution in [3.05, 3.63) is 58.3 Å². The van der Waals surface area contributed by atoms with Gasteiger partial charge in [0, 0.05) is 46.9 Å². The van der Waals surface area contributed by atoms with E-state index < -0.39 is 16.4 Å². The second-order valence-electron chi connectivity index (χ2n) is 9.77. The number of piperidine rings is 1. The van der Waals surface area contributed by atoms with Crippen LogP contribution in [0, 0.1) is 11.3 Å². The highest BCUT2D eigenvalue weighted by atomic mass is 32.2. The van der Waals surface area contributed by atoms with Crippen LogP contribution in [-0.4, -0.2) is 52.4 Å². The summed E-state index contributed by atoms with van der Waals surface area (Å²) < 4.78 is 21.5. The van der Waals surface area contributed by atoms with E-state index in [0.717, 1.165) is 48.1 Å². The van der Waals surface area contributed by atoms with Crippen LogP contribution in [0.15, 0.2) is 30.3 Å². The molecule has 1 fully saturated rings. The topological polar surface area (TPSA) is 98.2 Å². The first-order valence-electron chi connectivity index (χ1n) is 11.4. The summed E-state index contributed by atoms with van der Waals surface area (Å²) in [6.07, 6.45) is 3.46. The monoisotopic (exact) mass is 476 g/mol. The number of carbonyl (C=O) groups excluding carboxylic acids is 1. The molecular formula is C26H28N4O3S. The van der Waals surface area contributed by atoms with Crippen LogP contribution < -0.4 is 9.46 Å². The Balaban J connectivity index is 1.64. The third kappa shape index (κ3) is 3.69. The predicted octanol–water partition coefficient (Wildman–Crippen LogP) is 4.09. The minimum Gasteiger partial charge on any atom is -0.488 e. The van der Waals surface area contributed by atoms with Gasteiger partial charge in [0.1, 0.15) is 22.8 Å². The molecule has 2 N–H and O–H groups in total. The highest BCUT2D eigenvalue weighted by Gasteiger charge is 2.40. The Morgan fingerprint density at radius 3 is 2.65 bits per heavy atom. The molecule has 2 aliphatic rings. The maximum Gasteiger partial charge on any atom is 0.195 e. The number of ketones is 1. The normalized spacial score (nSPS) is 18.7. The molecule has 34 heavy (non-hydrogen) atoms. The number of aromatic amines is 1. The summed E-state index contributed by atoms with van der Waals surface area (Å²) >= 11 is 0. The van der Waals surface area contributed by atoms with Crippen LogP contribution in [0.3, 0.4) is 0 Å². The summed E-state index contributed by atoms with van der Waals surface area (Å²) in [5.74, 6) is 0.534. The molecule has 1 aliphatic carbocycles. The number of nitriles is 1. The zero-order valence-electron chi connectivity index (χ0n) is 19.8. The van der Waals surface area contributed by atoms with E-state index in [4.69, 9.17) is 4.74 Å². The third-order valence-electron chi connectivity index (χ3n) is 7.03. The lowest BCUT2D eigenvalue weighted by Gasteiger charge is -2.34. The molecular weight excluding hydrogens is 448 g/mol. The summed E-state index contributed by atoms with van der Waals surface area (Å²) in [7, 11) is 0.785. The van der Waals surface area contributed by atoms with Crippen molar-refractivity contribution in [2.75, 3.05) is 31.1 Å². The SMILES string of the molecule is CN1CCC(Oc2cc3c(cc2NS(C)=O)C(=O)c2c([nH]c4cc(C#N)ccc24)C3(C)C)CC1. The molecule has 0 spiro atoms. The van der Waals surface area contributed by atoms with Crippen LogP contribution in [0.5, 0.6) is 5.75 Å². The van der Waals surface area contributed by atoms with Crippen molar-refractivity contribution < 1.29 is 13.7 Å². The van der Waals surface area contributed by atoms with Crippen LogP contribution >= 0.6 is 0 Å². The number of carbonyl (C=O) groups is 1. The maximum atomic E-state index is 13.8. The highest BCUT2D eigenvalue weighted by Crippen LogP contribution is 2.46. The minimum atomic E-state index is -1.32. The average molecular weight is 477 g/mol. The van der Waals surface area contributed by atoms with Crippen molar-refractivity contribution in [3.63, 3.8) is 0 Å². The number of H-pyrrole nitrogens is 1. The second kappa shape index (κ2) is 8.26. The lowest BCUT2D eigenvalue weighted by atomic mass is 9.71. The van der Waals surface area contributed by atoms with Crippen molar-refractivity contribution in [1.82, 2.24) is 9.88 Å². The Kier molecular flexibility index (Phi) is 5.50. The van der Waals surface area contributed by atoms with E-state index in [-0.39, 0.29) is 11.9 Å². The molecule has 176 valence electrons. The van der Waals surface area contributed by atoms with Crippen LogP contribution in [0.2, 0.25) is 0 Å². The van der Waals surface area contributed by atoms with Gasteiger partial charge in [-0.15, -0.1) is 0 Å². The summed E-state index contributed by atoms with van der Waals surface area (Å²) in [4.78, 5) is 19.5. The van der Waals surface area contributed by atoms with Crippen molar-refractivity contribution in [3.8, 4) is 11.8 Å². The smallest absolute Gasteiger partial charge is 0.195 e. The zero-order chi connectivity index (χ0) is 24.2. The van der Waals surface area contributed by atoms with Crippen LogP contribution in [0.25, 0.3) is 10.9 Å². The molecule has 1 aliphatic heterocycles. The average Bonchev–Trinajstić information content (AvgIpc) is 3.19. The molecule has 0 bridgehead atoms. The predicted molar refractivity (Wildman–Crippen MR) is 134 cm³/mol. The molecule has 8 heteroatoms. The fourth-order valence-electron chi connectivity index (χ4n) is 5.14. The van der Waals surface area contributed by atoms with Gasteiger partial charge >= 0.3 is 0 Å². The molecule has 2 heterocycles. The Morgan fingerprint density at radius 1 is 1.24 bits per heavy atom. The number of rotatable bonds is 4. The largest absolute Gasteiger partial charge is 0.488 e. The van der Waals surface area contributed by atoms with Gasteiger partial charge < -0.3 is 19.3 Å². The van der Waals surface area contributed by atoms with Gasteiger partial charge in [-0.25, -0.2) is 4.21 Å². The Bertz CT molecular complexity index is 1380. The number of nitrogens with zero attached hydrogens (tertiary/aromatic N) is 2. The summed E-state index contributed by atoms with van der Waals surface area (Å²) in [5, 5.41) is 10.1. The van der Waals surface area contributed by atoms with Crippen molar-refractivity contribution in [2.24, 2.45) is 0 Å². The van der Waals surface area contributed by atoms with Crippen molar-refractivity contribution >= 4 is 33.4 Å². The fraction of sp³-hybridized carbons (Fsp3) is 0.385. The summed E-state index contributed by atoms with van der Waals surface area (Å²) in [6, 6.07) is 11.2. The summed E-state index contributed by atoms with van der Waals surface area (Å²) in [6.45, 7) is 6.10. The number of ether oxygens (including phenoxy) is 1. The summed E-state index contributed by atoms with van der Waals surface area (Å²) in [5.41, 5.74) is 4.29. The van der Waals surface area contributed by atoms with Gasteiger partial charge in [0.2, 0.25) is 0 Å². The van der Waals surface area contributed by atoms with Crippen LogP contribution in [-0.2, 0) is 16.4 Å². The van der Waals surface area contributed by atoms with E-state index in [1.807, 2.05) is 12.1 Å². The van der Waals surface area contributed by atoms with Gasteiger partial charge in [-0.05, 0) is 49.7 Å². The van der Waals surface area contributed by atoms with Gasteiger partial charge in [0.15, 0.2) is 5.78 Å². The standard InChI is InChI=1S/C26H28N4O3S/c1-26(2)19-13-22(33-16-7-9-30(3)10-8-16)21(29-34(4)32)12-18(19)24(31)23-17-6-5-15(14-27)11-20(17)28-25(23)26/h5-6,11-13,16,28-29H,7-10H2,1-4H3. The van der Waals surface area contributed by atoms with Gasteiger partial charge in [0.25, 0.3) is 0 Å². The number of fused-ring (bicyclic) bond motifs is 4. The van der Waals surface area contributed by atoms with Crippen molar-refractivity contribution in [1.29, 1.82) is 5.26 Å². The van der Waals surface area contributed by atoms with E-state index in [2.05, 4.69) is 41.6 Å². The number of anilines is 1. The number of likely N-dealkylation sites (tertiary alicyclic amines) is 1. The van der Waals surface area contributed by atoms with E-state index in [1.54, 1.807) is 24.5 Å². The van der Waals surface area contributed by atoms with Gasteiger partial charge in [-0.3, -0.25) is 4.79 Å². The lowest BCUT2D eigenvalue weighted by Crippen LogP contribution is -2.36. The molecule has 0 radical (unpaired) electrons. The molecule has 2 aromatic carbocycles. The lowest BCUT2D eigenvalue weighted by molar-refractivity contribution is 0.103. The first-order valence-corrected chi connectivity index (χ1v) is 13.0. The molecule has 0 saturated carbocycles. The van der Waals surface area contributed by atoms with E-state index >= 15 is 0 Å². The minimum absolute atomic E-state index is 0.0653. The third-order valence-corrected chi connectivity index (χ3v) is 7.54. The number of benzene rings is 2. The van der Waals surface area contributed by atoms with Crippen LogP contribution in [0.1, 0.15) is 59.4 Å². The first-order chi connectivity index (χ1) is 16.2. The molecule has 3 aromatic rings. The zero-order valence-corrected chi connectivity index (χ0v) is 20.6. The Morgan fingerprint density at radius 2 is 1.97 bits per heavy atom. The van der Waals surface area contributed by atoms with Gasteiger partial charge in [-0.1, -0.05) is 19.9 Å². The maximum absolute atomic E-state index is 13.8. The molecule has 5 rings (SSSR count). The molecule has 7 nitrogen and oxygen atoms in total. The highest BCUT2D eigenvalue weighted by molar-refractivity contribution is 7.85. The molecule has 1 aromatic heterocycles. The number of hydrogen-bond donors (Lipinski definition) is 2. The van der Waals surface area contributed by atoms with E-state index in [1.165, 1.54) is 0 Å². The molecule has 1 saturated heterocycles. The fourth-order valence-corrected chi connectivity index (χ4v) is 5.61. The first kappa shape index (κ1) is 22.6. The Labute approximate surface area is 201 Å². The van der Waals surface area contributed by atoms with E-state index in [9.17, 15) is 14.3 Å². The number of aromatic nitrogens is 1. The quantitative estimate of drug-likeness (QED) is 0.591.